The number of amides is 1. The first-order valence-corrected chi connectivity index (χ1v) is 11.0. The lowest BCUT2D eigenvalue weighted by atomic mass is 9.93. The van der Waals surface area contributed by atoms with Gasteiger partial charge >= 0.3 is 5.97 Å². The summed E-state index contributed by atoms with van der Waals surface area (Å²) in [5.41, 5.74) is 8.87. The number of esters is 1. The van der Waals surface area contributed by atoms with Crippen LogP contribution in [0.2, 0.25) is 5.02 Å². The summed E-state index contributed by atoms with van der Waals surface area (Å²) in [6.45, 7) is 0. The van der Waals surface area contributed by atoms with E-state index in [1.807, 2.05) is 42.5 Å². The van der Waals surface area contributed by atoms with Gasteiger partial charge in [0, 0.05) is 16.1 Å². The molecule has 0 spiro atoms. The fourth-order valence-corrected chi connectivity index (χ4v) is 4.77. The zero-order valence-electron chi connectivity index (χ0n) is 18.1. The summed E-state index contributed by atoms with van der Waals surface area (Å²) in [5.74, 6) is -0.850. The van der Waals surface area contributed by atoms with E-state index in [9.17, 15) is 9.59 Å². The van der Waals surface area contributed by atoms with E-state index in [-0.39, 0.29) is 17.8 Å². The fourth-order valence-electron chi connectivity index (χ4n) is 4.51. The minimum atomic E-state index is -0.722. The molecule has 1 amide bonds. The first kappa shape index (κ1) is 22.6. The number of hydrogen-bond donors (Lipinski definition) is 2. The van der Waals surface area contributed by atoms with Gasteiger partial charge in [0.1, 0.15) is 11.9 Å². The Labute approximate surface area is 197 Å². The van der Waals surface area contributed by atoms with Crippen LogP contribution in [0.1, 0.15) is 40.4 Å². The van der Waals surface area contributed by atoms with Crippen molar-refractivity contribution >= 4 is 29.3 Å². The lowest BCUT2D eigenvalue weighted by Crippen LogP contribution is -2.42. The summed E-state index contributed by atoms with van der Waals surface area (Å²) in [6.07, 6.45) is 1.06. The van der Waals surface area contributed by atoms with Crippen molar-refractivity contribution in [3.63, 3.8) is 0 Å². The number of nitrogens with one attached hydrogen (secondary N) is 1. The molecule has 1 aliphatic rings. The van der Waals surface area contributed by atoms with Gasteiger partial charge in [0.2, 0.25) is 0 Å². The zero-order chi connectivity index (χ0) is 23.5. The topological polar surface area (TPSA) is 96.5 Å². The lowest BCUT2D eigenvalue weighted by molar-refractivity contribution is -0.145. The van der Waals surface area contributed by atoms with E-state index in [0.29, 0.717) is 40.1 Å². The van der Waals surface area contributed by atoms with Gasteiger partial charge in [-0.1, -0.05) is 72.3 Å². The molecular formula is C26H24ClN3O3. The molecular weight excluding hydrogens is 438 g/mol. The Balaban J connectivity index is 1.84. The summed E-state index contributed by atoms with van der Waals surface area (Å²) in [6, 6.07) is 20.6. The van der Waals surface area contributed by atoms with Crippen LogP contribution in [0.15, 0.2) is 72.8 Å². The third kappa shape index (κ3) is 4.22. The number of halogens is 1. The summed E-state index contributed by atoms with van der Waals surface area (Å²) < 4.78 is 5.02. The van der Waals surface area contributed by atoms with Crippen LogP contribution >= 0.6 is 11.6 Å². The maximum absolute atomic E-state index is 14.0. The van der Waals surface area contributed by atoms with Gasteiger partial charge in [-0.15, -0.1) is 0 Å². The van der Waals surface area contributed by atoms with E-state index < -0.39 is 12.0 Å². The van der Waals surface area contributed by atoms with Crippen LogP contribution in [0.4, 0.5) is 0 Å². The second kappa shape index (κ2) is 9.46. The van der Waals surface area contributed by atoms with Gasteiger partial charge in [-0.3, -0.25) is 10.2 Å². The largest absolute Gasteiger partial charge is 0.467 e. The van der Waals surface area contributed by atoms with Crippen LogP contribution in [-0.4, -0.2) is 35.8 Å². The Morgan fingerprint density at radius 2 is 1.52 bits per heavy atom. The molecule has 3 N–H and O–H groups in total. The predicted molar refractivity (Wildman–Crippen MR) is 128 cm³/mol. The third-order valence-electron chi connectivity index (χ3n) is 6.02. The Kier molecular flexibility index (Phi) is 6.47. The van der Waals surface area contributed by atoms with E-state index in [4.69, 9.17) is 27.5 Å². The van der Waals surface area contributed by atoms with Gasteiger partial charge < -0.3 is 15.4 Å². The summed E-state index contributed by atoms with van der Waals surface area (Å²) in [5, 5.41) is 8.50. The first-order chi connectivity index (χ1) is 15.9. The molecule has 3 aromatic rings. The summed E-state index contributed by atoms with van der Waals surface area (Å²) in [7, 11) is 1.32. The minimum absolute atomic E-state index is 0.0876. The van der Waals surface area contributed by atoms with E-state index in [2.05, 4.69) is 0 Å². The number of nitrogens with zero attached hydrogens (tertiary/aromatic N) is 1. The number of nitrogen functional groups attached to an aromatic ring is 1. The molecule has 4 rings (SSSR count). The molecule has 0 aromatic heterocycles. The Morgan fingerprint density at radius 3 is 2.15 bits per heavy atom. The average Bonchev–Trinajstić information content (AvgIpc) is 3.28. The number of rotatable bonds is 5. The summed E-state index contributed by atoms with van der Waals surface area (Å²) in [4.78, 5) is 28.3. The van der Waals surface area contributed by atoms with Gasteiger partial charge in [0.05, 0.1) is 13.2 Å². The highest BCUT2D eigenvalue weighted by atomic mass is 35.5. The molecule has 0 bridgehead atoms. The van der Waals surface area contributed by atoms with E-state index in [1.165, 1.54) is 7.11 Å². The number of ether oxygens (including phenoxy) is 1. The normalized spacial score (nSPS) is 17.6. The average molecular weight is 462 g/mol. The lowest BCUT2D eigenvalue weighted by Gasteiger charge is -2.30. The number of benzene rings is 3. The Morgan fingerprint density at radius 1 is 0.939 bits per heavy atom. The molecule has 0 radical (unpaired) electrons. The molecule has 1 heterocycles. The van der Waals surface area contributed by atoms with Crippen molar-refractivity contribution in [2.24, 2.45) is 5.73 Å². The van der Waals surface area contributed by atoms with E-state index in [0.717, 1.165) is 5.56 Å². The second-order valence-electron chi connectivity index (χ2n) is 7.87. The highest BCUT2D eigenvalue weighted by Gasteiger charge is 2.43. The maximum atomic E-state index is 14.0. The Bertz CT molecular complexity index is 1230. The Hall–Kier alpha value is -3.64. The van der Waals surface area contributed by atoms with Gasteiger partial charge in [-0.25, -0.2) is 4.79 Å². The SMILES string of the molecule is COC(=O)C1CCC(c2ccccc2Cl)N1C(=O)c1ccccc1-c1ccccc1C(=N)N. The first-order valence-electron chi connectivity index (χ1n) is 10.6. The van der Waals surface area contributed by atoms with E-state index in [1.54, 1.807) is 35.2 Å². The molecule has 6 nitrogen and oxygen atoms in total. The zero-order valence-corrected chi connectivity index (χ0v) is 18.9. The van der Waals surface area contributed by atoms with Crippen LogP contribution < -0.4 is 5.73 Å². The molecule has 7 heteroatoms. The maximum Gasteiger partial charge on any atom is 0.328 e. The molecule has 0 aliphatic carbocycles. The fraction of sp³-hybridized carbons (Fsp3) is 0.192. The highest BCUT2D eigenvalue weighted by Crippen LogP contribution is 2.41. The number of likely N-dealkylation sites (tertiary alicyclic amines) is 1. The number of methoxy groups -OCH3 is 1. The number of amidine groups is 1. The molecule has 1 aliphatic heterocycles. The van der Waals surface area contributed by atoms with Crippen molar-refractivity contribution in [1.29, 1.82) is 5.41 Å². The summed E-state index contributed by atoms with van der Waals surface area (Å²) >= 11 is 6.47. The minimum Gasteiger partial charge on any atom is -0.467 e. The van der Waals surface area contributed by atoms with Crippen molar-refractivity contribution in [1.82, 2.24) is 4.90 Å². The van der Waals surface area contributed by atoms with Crippen molar-refractivity contribution in [2.75, 3.05) is 7.11 Å². The van der Waals surface area contributed by atoms with Gasteiger partial charge in [-0.2, -0.15) is 0 Å². The molecule has 0 saturated carbocycles. The van der Waals surface area contributed by atoms with Gasteiger partial charge in [0.25, 0.3) is 5.91 Å². The van der Waals surface area contributed by atoms with Crippen molar-refractivity contribution in [2.45, 2.75) is 24.9 Å². The van der Waals surface area contributed by atoms with Crippen LogP contribution in [0, 0.1) is 5.41 Å². The van der Waals surface area contributed by atoms with Crippen molar-refractivity contribution in [3.8, 4) is 11.1 Å². The van der Waals surface area contributed by atoms with Crippen LogP contribution in [-0.2, 0) is 9.53 Å². The number of hydrogen-bond acceptors (Lipinski definition) is 4. The molecule has 3 aromatic carbocycles. The van der Waals surface area contributed by atoms with Crippen LogP contribution in [0.5, 0.6) is 0 Å². The number of carbonyl (C=O) groups is 2. The molecule has 1 saturated heterocycles. The van der Waals surface area contributed by atoms with Crippen LogP contribution in [0.3, 0.4) is 0 Å². The second-order valence-corrected chi connectivity index (χ2v) is 8.28. The van der Waals surface area contributed by atoms with Crippen LogP contribution in [0.25, 0.3) is 11.1 Å². The molecule has 1 fully saturated rings. The monoisotopic (exact) mass is 461 g/mol. The van der Waals surface area contributed by atoms with Gasteiger partial charge in [-0.05, 0) is 41.7 Å². The smallest absolute Gasteiger partial charge is 0.328 e. The molecule has 2 unspecified atom stereocenters. The van der Waals surface area contributed by atoms with Crippen molar-refractivity contribution in [3.05, 3.63) is 94.5 Å². The molecule has 168 valence electrons. The quantitative estimate of drug-likeness (QED) is 0.323. The highest BCUT2D eigenvalue weighted by molar-refractivity contribution is 6.31. The number of nitrogens with two attached hydrogens (primary N) is 1. The predicted octanol–water partition coefficient (Wildman–Crippen LogP) is 4.81. The number of carbonyl (C=O) groups excluding carboxylic acids is 2. The van der Waals surface area contributed by atoms with Gasteiger partial charge in [0.15, 0.2) is 0 Å². The van der Waals surface area contributed by atoms with E-state index >= 15 is 0 Å². The standard InChI is InChI=1S/C26H24ClN3O3/c1-33-26(32)23-15-14-22(20-12-6-7-13-21(20)27)30(23)25(31)19-11-5-3-9-17(19)16-8-2-4-10-18(16)24(28)29/h2-13,22-23H,14-15H2,1H3,(H3,28,29). The molecule has 33 heavy (non-hydrogen) atoms. The van der Waals surface area contributed by atoms with Crippen molar-refractivity contribution < 1.29 is 14.3 Å². The molecule has 2 atom stereocenters. The third-order valence-corrected chi connectivity index (χ3v) is 6.37.